The molecule has 0 unspecified atom stereocenters. The first-order valence-electron chi connectivity index (χ1n) is 7.89. The van der Waals surface area contributed by atoms with E-state index in [0.717, 1.165) is 36.4 Å². The molecule has 0 spiro atoms. The predicted octanol–water partition coefficient (Wildman–Crippen LogP) is 3.15. The summed E-state index contributed by atoms with van der Waals surface area (Å²) in [6.45, 7) is 3.04. The van der Waals surface area contributed by atoms with Crippen LogP contribution in [0.25, 0.3) is 0 Å². The smallest absolute Gasteiger partial charge is 0.163 e. The lowest BCUT2D eigenvalue weighted by molar-refractivity contribution is 0.349. The molecule has 0 saturated heterocycles. The second-order valence-electron chi connectivity index (χ2n) is 5.94. The van der Waals surface area contributed by atoms with Crippen molar-refractivity contribution >= 4 is 0 Å². The minimum atomic E-state index is 0.239. The Labute approximate surface area is 137 Å². The maximum Gasteiger partial charge on any atom is 0.163 e. The molecule has 1 aliphatic heterocycles. The zero-order valence-electron chi connectivity index (χ0n) is 13.8. The molecule has 23 heavy (non-hydrogen) atoms. The van der Waals surface area contributed by atoms with Crippen LogP contribution in [-0.2, 0) is 12.8 Å². The molecule has 0 amide bonds. The summed E-state index contributed by atoms with van der Waals surface area (Å²) in [5.41, 5.74) is 4.96. The third-order valence-corrected chi connectivity index (χ3v) is 4.55. The number of fused-ring (bicyclic) bond motifs is 1. The molecular formula is C19H23NO3. The van der Waals surface area contributed by atoms with Crippen LogP contribution in [0, 0.1) is 6.92 Å². The fraction of sp³-hybridized carbons (Fsp3) is 0.368. The van der Waals surface area contributed by atoms with E-state index in [1.54, 1.807) is 26.4 Å². The number of nitrogens with one attached hydrogen (secondary N) is 1. The van der Waals surface area contributed by atoms with Crippen molar-refractivity contribution in [3.63, 3.8) is 0 Å². The quantitative estimate of drug-likeness (QED) is 0.910. The maximum atomic E-state index is 9.44. The van der Waals surface area contributed by atoms with Gasteiger partial charge in [0, 0.05) is 6.04 Å². The summed E-state index contributed by atoms with van der Waals surface area (Å²) in [6, 6.07) is 9.76. The second kappa shape index (κ2) is 6.50. The number of aromatic hydroxyl groups is 1. The Morgan fingerprint density at radius 2 is 1.91 bits per heavy atom. The number of methoxy groups -OCH3 is 2. The number of benzene rings is 2. The SMILES string of the molecule is COc1cc2c(c(C)c1OC)[C@H](Cc1ccc(O)cc1)NCC2. The summed E-state index contributed by atoms with van der Waals surface area (Å²) in [4.78, 5) is 0. The van der Waals surface area contributed by atoms with E-state index < -0.39 is 0 Å². The van der Waals surface area contributed by atoms with Gasteiger partial charge in [0.15, 0.2) is 11.5 Å². The van der Waals surface area contributed by atoms with Crippen molar-refractivity contribution in [3.05, 3.63) is 52.6 Å². The van der Waals surface area contributed by atoms with Gasteiger partial charge in [-0.05, 0) is 66.8 Å². The summed E-state index contributed by atoms with van der Waals surface area (Å²) in [6.07, 6.45) is 1.87. The minimum absolute atomic E-state index is 0.239. The zero-order valence-corrected chi connectivity index (χ0v) is 13.8. The Balaban J connectivity index is 1.99. The van der Waals surface area contributed by atoms with Crippen LogP contribution in [0.2, 0.25) is 0 Å². The summed E-state index contributed by atoms with van der Waals surface area (Å²) in [5, 5.41) is 13.1. The summed E-state index contributed by atoms with van der Waals surface area (Å²) in [7, 11) is 3.36. The molecule has 0 radical (unpaired) electrons. The molecule has 0 saturated carbocycles. The molecule has 122 valence electrons. The summed E-state index contributed by atoms with van der Waals surface area (Å²) in [5.74, 6) is 1.91. The highest BCUT2D eigenvalue weighted by molar-refractivity contribution is 5.56. The first-order valence-corrected chi connectivity index (χ1v) is 7.89. The molecule has 1 atom stereocenters. The Morgan fingerprint density at radius 3 is 2.57 bits per heavy atom. The van der Waals surface area contributed by atoms with E-state index in [0.29, 0.717) is 5.75 Å². The lowest BCUT2D eigenvalue weighted by atomic mass is 9.86. The number of hydrogen-bond acceptors (Lipinski definition) is 4. The lowest BCUT2D eigenvalue weighted by Crippen LogP contribution is -2.32. The molecule has 3 rings (SSSR count). The van der Waals surface area contributed by atoms with Gasteiger partial charge in [-0.1, -0.05) is 12.1 Å². The van der Waals surface area contributed by atoms with Gasteiger partial charge >= 0.3 is 0 Å². The zero-order chi connectivity index (χ0) is 16.4. The largest absolute Gasteiger partial charge is 0.508 e. The van der Waals surface area contributed by atoms with Crippen LogP contribution in [0.15, 0.2) is 30.3 Å². The van der Waals surface area contributed by atoms with Crippen LogP contribution < -0.4 is 14.8 Å². The highest BCUT2D eigenvalue weighted by Gasteiger charge is 2.26. The Morgan fingerprint density at radius 1 is 1.17 bits per heavy atom. The monoisotopic (exact) mass is 313 g/mol. The van der Waals surface area contributed by atoms with E-state index >= 15 is 0 Å². The maximum absolute atomic E-state index is 9.44. The number of rotatable bonds is 4. The van der Waals surface area contributed by atoms with Gasteiger partial charge in [0.25, 0.3) is 0 Å². The van der Waals surface area contributed by atoms with Crippen LogP contribution in [0.1, 0.15) is 28.3 Å². The van der Waals surface area contributed by atoms with Crippen molar-refractivity contribution in [2.45, 2.75) is 25.8 Å². The van der Waals surface area contributed by atoms with Gasteiger partial charge < -0.3 is 19.9 Å². The number of ether oxygens (including phenoxy) is 2. The first kappa shape index (κ1) is 15.7. The number of phenolic OH excluding ortho intramolecular Hbond substituents is 1. The van der Waals surface area contributed by atoms with Crippen molar-refractivity contribution in [3.8, 4) is 17.2 Å². The molecule has 2 aromatic rings. The predicted molar refractivity (Wildman–Crippen MR) is 90.5 cm³/mol. The molecule has 0 aromatic heterocycles. The second-order valence-corrected chi connectivity index (χ2v) is 5.94. The normalized spacial score (nSPS) is 16.7. The van der Waals surface area contributed by atoms with Gasteiger partial charge in [0.05, 0.1) is 14.2 Å². The summed E-state index contributed by atoms with van der Waals surface area (Å²) >= 11 is 0. The molecule has 4 heteroatoms. The van der Waals surface area contributed by atoms with Crippen LogP contribution in [0.3, 0.4) is 0 Å². The molecule has 1 aliphatic rings. The van der Waals surface area contributed by atoms with Crippen LogP contribution in [0.5, 0.6) is 17.2 Å². The molecule has 0 aliphatic carbocycles. The van der Waals surface area contributed by atoms with Gasteiger partial charge in [-0.2, -0.15) is 0 Å². The molecule has 4 nitrogen and oxygen atoms in total. The number of phenols is 1. The standard InChI is InChI=1S/C19H23NO3/c1-12-18-14(11-17(22-2)19(12)23-3)8-9-20-16(18)10-13-4-6-15(21)7-5-13/h4-7,11,16,20-21H,8-10H2,1-3H3/t16-/m0/s1. The van der Waals surface area contributed by atoms with Crippen LogP contribution in [-0.4, -0.2) is 25.9 Å². The van der Waals surface area contributed by atoms with Crippen molar-refractivity contribution in [1.29, 1.82) is 0 Å². The lowest BCUT2D eigenvalue weighted by Gasteiger charge is -2.30. The Bertz CT molecular complexity index is 695. The van der Waals surface area contributed by atoms with E-state index in [1.165, 1.54) is 16.7 Å². The van der Waals surface area contributed by atoms with Crippen molar-refractivity contribution < 1.29 is 14.6 Å². The highest BCUT2D eigenvalue weighted by atomic mass is 16.5. The van der Waals surface area contributed by atoms with E-state index in [-0.39, 0.29) is 6.04 Å². The van der Waals surface area contributed by atoms with E-state index in [2.05, 4.69) is 18.3 Å². The van der Waals surface area contributed by atoms with Crippen LogP contribution >= 0.6 is 0 Å². The van der Waals surface area contributed by atoms with Gasteiger partial charge in [-0.15, -0.1) is 0 Å². The van der Waals surface area contributed by atoms with Gasteiger partial charge in [0.1, 0.15) is 5.75 Å². The summed E-state index contributed by atoms with van der Waals surface area (Å²) < 4.78 is 11.0. The third kappa shape index (κ3) is 2.99. The van der Waals surface area contributed by atoms with Gasteiger partial charge in [-0.3, -0.25) is 0 Å². The molecule has 2 N–H and O–H groups in total. The minimum Gasteiger partial charge on any atom is -0.508 e. The average Bonchev–Trinajstić information content (AvgIpc) is 2.56. The van der Waals surface area contributed by atoms with E-state index in [1.807, 2.05) is 12.1 Å². The Hall–Kier alpha value is -2.20. The van der Waals surface area contributed by atoms with Crippen molar-refractivity contribution in [2.24, 2.45) is 0 Å². The average molecular weight is 313 g/mol. The fourth-order valence-corrected chi connectivity index (χ4v) is 3.47. The van der Waals surface area contributed by atoms with Crippen molar-refractivity contribution in [2.75, 3.05) is 20.8 Å². The van der Waals surface area contributed by atoms with E-state index in [4.69, 9.17) is 9.47 Å². The van der Waals surface area contributed by atoms with Gasteiger partial charge in [-0.25, -0.2) is 0 Å². The highest BCUT2D eigenvalue weighted by Crippen LogP contribution is 2.40. The first-order chi connectivity index (χ1) is 11.1. The molecule has 0 bridgehead atoms. The van der Waals surface area contributed by atoms with Gasteiger partial charge in [0.2, 0.25) is 0 Å². The molecular weight excluding hydrogens is 290 g/mol. The van der Waals surface area contributed by atoms with Crippen molar-refractivity contribution in [1.82, 2.24) is 5.32 Å². The van der Waals surface area contributed by atoms with E-state index in [9.17, 15) is 5.11 Å². The Kier molecular flexibility index (Phi) is 4.44. The molecule has 2 aromatic carbocycles. The third-order valence-electron chi connectivity index (χ3n) is 4.55. The fourth-order valence-electron chi connectivity index (χ4n) is 3.47. The molecule has 1 heterocycles. The molecule has 0 fully saturated rings. The van der Waals surface area contributed by atoms with Crippen LogP contribution in [0.4, 0.5) is 0 Å². The number of hydrogen-bond donors (Lipinski definition) is 2. The topological polar surface area (TPSA) is 50.7 Å².